The molecular formula is C21H16BrCl2N3O2. The highest BCUT2D eigenvalue weighted by atomic mass is 79.9. The van der Waals surface area contributed by atoms with Crippen LogP contribution in [0, 0.1) is 0 Å². The van der Waals surface area contributed by atoms with Gasteiger partial charge in [0, 0.05) is 37.9 Å². The fourth-order valence-electron chi connectivity index (χ4n) is 2.96. The van der Waals surface area contributed by atoms with Crippen LogP contribution in [0.3, 0.4) is 0 Å². The lowest BCUT2D eigenvalue weighted by Gasteiger charge is -2.14. The minimum Gasteiger partial charge on any atom is -0.488 e. The Morgan fingerprint density at radius 2 is 1.76 bits per heavy atom. The summed E-state index contributed by atoms with van der Waals surface area (Å²) in [5.41, 5.74) is 4.03. The van der Waals surface area contributed by atoms with E-state index in [0.29, 0.717) is 23.2 Å². The van der Waals surface area contributed by atoms with Crippen LogP contribution in [-0.4, -0.2) is 9.97 Å². The van der Waals surface area contributed by atoms with Crippen molar-refractivity contribution in [3.05, 3.63) is 90.7 Å². The van der Waals surface area contributed by atoms with Gasteiger partial charge in [-0.25, -0.2) is 4.79 Å². The summed E-state index contributed by atoms with van der Waals surface area (Å²) in [6, 6.07) is 16.9. The second-order valence-corrected chi connectivity index (χ2v) is 8.23. The van der Waals surface area contributed by atoms with E-state index in [1.165, 1.54) is 0 Å². The Bertz CT molecular complexity index is 1240. The Labute approximate surface area is 185 Å². The fraction of sp³-hybridized carbons (Fsp3) is 0.0952. The quantitative estimate of drug-likeness (QED) is 0.304. The first-order chi connectivity index (χ1) is 14.0. The van der Waals surface area contributed by atoms with E-state index in [1.807, 2.05) is 42.5 Å². The third-order valence-electron chi connectivity index (χ3n) is 4.42. The zero-order valence-corrected chi connectivity index (χ0v) is 18.2. The Morgan fingerprint density at radius 3 is 2.59 bits per heavy atom. The van der Waals surface area contributed by atoms with Crippen LogP contribution >= 0.6 is 39.1 Å². The molecule has 0 fully saturated rings. The number of benzene rings is 3. The molecule has 29 heavy (non-hydrogen) atoms. The smallest absolute Gasteiger partial charge is 0.323 e. The molecular weight excluding hydrogens is 477 g/mol. The van der Waals surface area contributed by atoms with Crippen molar-refractivity contribution in [2.75, 3.05) is 5.32 Å². The van der Waals surface area contributed by atoms with Crippen LogP contribution in [-0.2, 0) is 13.2 Å². The number of anilines is 1. The van der Waals surface area contributed by atoms with Crippen LogP contribution < -0.4 is 15.7 Å². The average Bonchev–Trinajstić information content (AvgIpc) is 3.06. The molecule has 0 amide bonds. The zero-order chi connectivity index (χ0) is 20.4. The average molecular weight is 493 g/mol. The van der Waals surface area contributed by atoms with Gasteiger partial charge < -0.3 is 20.0 Å². The third kappa shape index (κ3) is 4.78. The van der Waals surface area contributed by atoms with Crippen molar-refractivity contribution < 1.29 is 4.74 Å². The fourth-order valence-corrected chi connectivity index (χ4v) is 3.83. The van der Waals surface area contributed by atoms with Crippen molar-refractivity contribution >= 4 is 55.9 Å². The van der Waals surface area contributed by atoms with E-state index in [1.54, 1.807) is 12.1 Å². The number of hydrogen-bond acceptors (Lipinski definition) is 3. The molecule has 3 N–H and O–H groups in total. The minimum atomic E-state index is -0.222. The van der Waals surface area contributed by atoms with Gasteiger partial charge in [-0.3, -0.25) is 0 Å². The molecule has 0 radical (unpaired) electrons. The summed E-state index contributed by atoms with van der Waals surface area (Å²) in [5.74, 6) is 0.753. The van der Waals surface area contributed by atoms with E-state index < -0.39 is 0 Å². The molecule has 0 spiro atoms. The number of ether oxygens (including phenoxy) is 1. The molecule has 0 aliphatic heterocycles. The van der Waals surface area contributed by atoms with Gasteiger partial charge in [0.15, 0.2) is 0 Å². The Kier molecular flexibility index (Phi) is 5.85. The van der Waals surface area contributed by atoms with Crippen LogP contribution in [0.15, 0.2) is 63.9 Å². The maximum Gasteiger partial charge on any atom is 0.323 e. The van der Waals surface area contributed by atoms with Gasteiger partial charge >= 0.3 is 5.69 Å². The maximum absolute atomic E-state index is 11.4. The van der Waals surface area contributed by atoms with Gasteiger partial charge in [0.25, 0.3) is 0 Å². The van der Waals surface area contributed by atoms with Gasteiger partial charge in [-0.2, -0.15) is 0 Å². The molecule has 148 valence electrons. The van der Waals surface area contributed by atoms with Gasteiger partial charge in [0.05, 0.1) is 11.0 Å². The monoisotopic (exact) mass is 491 g/mol. The second kappa shape index (κ2) is 8.53. The van der Waals surface area contributed by atoms with Crippen molar-refractivity contribution in [1.29, 1.82) is 0 Å². The lowest BCUT2D eigenvalue weighted by molar-refractivity contribution is 0.303. The van der Waals surface area contributed by atoms with Crippen molar-refractivity contribution in [2.45, 2.75) is 13.2 Å². The van der Waals surface area contributed by atoms with Crippen LogP contribution in [0.2, 0.25) is 10.0 Å². The van der Waals surface area contributed by atoms with Crippen molar-refractivity contribution in [3.63, 3.8) is 0 Å². The number of aromatic amines is 2. The second-order valence-electron chi connectivity index (χ2n) is 6.47. The molecule has 0 atom stereocenters. The van der Waals surface area contributed by atoms with Gasteiger partial charge in [0.2, 0.25) is 0 Å². The van der Waals surface area contributed by atoms with E-state index in [0.717, 1.165) is 38.1 Å². The zero-order valence-electron chi connectivity index (χ0n) is 15.1. The Balaban J connectivity index is 1.50. The number of halogens is 3. The van der Waals surface area contributed by atoms with Crippen LogP contribution in [0.5, 0.6) is 5.75 Å². The summed E-state index contributed by atoms with van der Waals surface area (Å²) in [6.45, 7) is 0.879. The van der Waals surface area contributed by atoms with E-state index >= 15 is 0 Å². The van der Waals surface area contributed by atoms with Crippen molar-refractivity contribution in [1.82, 2.24) is 9.97 Å². The van der Waals surface area contributed by atoms with Gasteiger partial charge in [-0.05, 0) is 48.5 Å². The maximum atomic E-state index is 11.4. The number of rotatable bonds is 6. The molecule has 4 aromatic rings. The van der Waals surface area contributed by atoms with Crippen LogP contribution in [0.4, 0.5) is 5.69 Å². The number of imidazole rings is 1. The highest BCUT2D eigenvalue weighted by Crippen LogP contribution is 2.27. The number of H-pyrrole nitrogens is 2. The predicted octanol–water partition coefficient (Wildman–Crippen LogP) is 6.12. The summed E-state index contributed by atoms with van der Waals surface area (Å²) in [4.78, 5) is 16.9. The first kappa shape index (κ1) is 19.9. The van der Waals surface area contributed by atoms with Gasteiger partial charge in [-0.1, -0.05) is 45.2 Å². The Morgan fingerprint density at radius 1 is 0.931 bits per heavy atom. The predicted molar refractivity (Wildman–Crippen MR) is 121 cm³/mol. The number of hydrogen-bond donors (Lipinski definition) is 3. The summed E-state index contributed by atoms with van der Waals surface area (Å²) in [6.07, 6.45) is 0. The Hall–Kier alpha value is -2.41. The van der Waals surface area contributed by atoms with Crippen LogP contribution in [0.25, 0.3) is 11.0 Å². The van der Waals surface area contributed by atoms with E-state index in [-0.39, 0.29) is 5.69 Å². The first-order valence-electron chi connectivity index (χ1n) is 8.79. The summed E-state index contributed by atoms with van der Waals surface area (Å²) < 4.78 is 6.98. The highest BCUT2D eigenvalue weighted by Gasteiger charge is 2.08. The molecule has 1 aromatic heterocycles. The lowest BCUT2D eigenvalue weighted by Crippen LogP contribution is -2.04. The molecule has 0 saturated heterocycles. The first-order valence-corrected chi connectivity index (χ1v) is 10.3. The topological polar surface area (TPSA) is 69.9 Å². The molecule has 0 saturated carbocycles. The van der Waals surface area contributed by atoms with E-state index in [2.05, 4.69) is 31.2 Å². The molecule has 8 heteroatoms. The SMILES string of the molecule is O=c1[nH]c2ccc(NCc3cc(Br)ccc3OCc3ccc(Cl)cc3Cl)cc2[nH]1. The number of nitrogens with one attached hydrogen (secondary N) is 3. The van der Waals surface area contributed by atoms with Gasteiger partial charge in [0.1, 0.15) is 12.4 Å². The summed E-state index contributed by atoms with van der Waals surface area (Å²) >= 11 is 15.7. The standard InChI is InChI=1S/C21H16BrCl2N3O2/c22-14-2-6-20(29-11-12-1-3-15(23)8-17(12)24)13(7-14)10-25-16-4-5-18-19(9-16)27-21(28)26-18/h1-9,25H,10-11H2,(H2,26,27,28). The van der Waals surface area contributed by atoms with Crippen molar-refractivity contribution in [3.8, 4) is 5.75 Å². The molecule has 1 heterocycles. The van der Waals surface area contributed by atoms with Crippen LogP contribution in [0.1, 0.15) is 11.1 Å². The molecule has 0 aliphatic carbocycles. The number of fused-ring (bicyclic) bond motifs is 1. The minimum absolute atomic E-state index is 0.222. The van der Waals surface area contributed by atoms with Crippen molar-refractivity contribution in [2.24, 2.45) is 0 Å². The largest absolute Gasteiger partial charge is 0.488 e. The highest BCUT2D eigenvalue weighted by molar-refractivity contribution is 9.10. The molecule has 4 rings (SSSR count). The molecule has 0 bridgehead atoms. The summed E-state index contributed by atoms with van der Waals surface area (Å²) in [7, 11) is 0. The lowest BCUT2D eigenvalue weighted by atomic mass is 10.2. The summed E-state index contributed by atoms with van der Waals surface area (Å²) in [5, 5.41) is 4.53. The van der Waals surface area contributed by atoms with Gasteiger partial charge in [-0.15, -0.1) is 0 Å². The van der Waals surface area contributed by atoms with E-state index in [9.17, 15) is 4.79 Å². The van der Waals surface area contributed by atoms with E-state index in [4.69, 9.17) is 27.9 Å². The molecule has 3 aromatic carbocycles. The molecule has 0 aliphatic rings. The number of aromatic nitrogens is 2. The third-order valence-corrected chi connectivity index (χ3v) is 5.50. The normalized spacial score (nSPS) is 11.0. The molecule has 5 nitrogen and oxygen atoms in total. The molecule has 0 unspecified atom stereocenters.